The first-order valence-electron chi connectivity index (χ1n) is 3.17. The molecule has 0 bridgehead atoms. The van der Waals surface area contributed by atoms with E-state index < -0.39 is 0 Å². The van der Waals surface area contributed by atoms with Crippen LogP contribution in [-0.2, 0) is 0 Å². The molecule has 0 saturated carbocycles. The van der Waals surface area contributed by atoms with Gasteiger partial charge in [0.2, 0.25) is 0 Å². The van der Waals surface area contributed by atoms with Gasteiger partial charge in [-0.25, -0.2) is 0 Å². The number of hydrogen-bond acceptors (Lipinski definition) is 2. The molecule has 0 fully saturated rings. The normalized spacial score (nSPS) is 9.18. The van der Waals surface area contributed by atoms with Gasteiger partial charge in [-0.3, -0.25) is 4.98 Å². The Morgan fingerprint density at radius 2 is 2.45 bits per heavy atom. The molecule has 0 amide bonds. The van der Waals surface area contributed by atoms with Gasteiger partial charge in [0.15, 0.2) is 0 Å². The van der Waals surface area contributed by atoms with Crippen LogP contribution < -0.4 is 4.74 Å². The van der Waals surface area contributed by atoms with Crippen molar-refractivity contribution in [3.8, 4) is 5.75 Å². The second-order valence-corrected chi connectivity index (χ2v) is 2.37. The Kier molecular flexibility index (Phi) is 2.93. The van der Waals surface area contributed by atoms with Gasteiger partial charge in [-0.1, -0.05) is 24.3 Å². The molecule has 1 aromatic heterocycles. The molecule has 0 spiro atoms. The molecular weight excluding hydrogens is 162 g/mol. The highest BCUT2D eigenvalue weighted by Crippen LogP contribution is 2.14. The highest BCUT2D eigenvalue weighted by Gasteiger charge is 1.92. The summed E-state index contributed by atoms with van der Waals surface area (Å²) in [6, 6.07) is 1.71. The first kappa shape index (κ1) is 8.08. The third kappa shape index (κ3) is 2.60. The molecule has 1 rings (SSSR count). The lowest BCUT2D eigenvalue weighted by Gasteiger charge is -2.00. The summed E-state index contributed by atoms with van der Waals surface area (Å²) in [6.45, 7) is 3.99. The Hall–Kier alpha value is -1.02. The Labute approximate surface area is 70.5 Å². The number of ether oxygens (including phenoxy) is 1. The van der Waals surface area contributed by atoms with Crippen molar-refractivity contribution in [2.45, 2.75) is 0 Å². The molecular formula is C8H8ClNO. The maximum Gasteiger partial charge on any atom is 0.139 e. The van der Waals surface area contributed by atoms with Crippen molar-refractivity contribution in [1.29, 1.82) is 0 Å². The maximum atomic E-state index is 5.66. The van der Waals surface area contributed by atoms with Gasteiger partial charge in [-0.05, 0) is 0 Å². The van der Waals surface area contributed by atoms with Crippen LogP contribution in [0.25, 0.3) is 0 Å². The van der Waals surface area contributed by atoms with Gasteiger partial charge >= 0.3 is 0 Å². The second kappa shape index (κ2) is 3.98. The topological polar surface area (TPSA) is 22.1 Å². The smallest absolute Gasteiger partial charge is 0.139 e. The van der Waals surface area contributed by atoms with Crippen LogP contribution in [0.3, 0.4) is 0 Å². The first-order valence-corrected chi connectivity index (χ1v) is 3.55. The number of halogens is 1. The van der Waals surface area contributed by atoms with Crippen LogP contribution in [0.2, 0.25) is 5.02 Å². The van der Waals surface area contributed by atoms with Gasteiger partial charge in [0, 0.05) is 12.3 Å². The van der Waals surface area contributed by atoms with Gasteiger partial charge in [0.25, 0.3) is 0 Å². The molecule has 0 aliphatic carbocycles. The van der Waals surface area contributed by atoms with E-state index in [4.69, 9.17) is 16.3 Å². The minimum absolute atomic E-state index is 0.474. The largest absolute Gasteiger partial charge is 0.488 e. The minimum Gasteiger partial charge on any atom is -0.488 e. The lowest BCUT2D eigenvalue weighted by atomic mass is 10.4. The molecule has 2 nitrogen and oxygen atoms in total. The molecule has 58 valence electrons. The third-order valence-corrected chi connectivity index (χ3v) is 1.25. The van der Waals surface area contributed by atoms with Crippen LogP contribution in [0.4, 0.5) is 0 Å². The molecule has 0 unspecified atom stereocenters. The van der Waals surface area contributed by atoms with E-state index in [0.29, 0.717) is 17.4 Å². The first-order chi connectivity index (χ1) is 5.33. The number of pyridine rings is 1. The van der Waals surface area contributed by atoms with Crippen LogP contribution in [0, 0.1) is 0 Å². The zero-order valence-corrected chi connectivity index (χ0v) is 6.71. The fourth-order valence-corrected chi connectivity index (χ4v) is 0.790. The van der Waals surface area contributed by atoms with Crippen LogP contribution >= 0.6 is 11.6 Å². The number of aromatic nitrogens is 1. The summed E-state index contributed by atoms with van der Waals surface area (Å²) in [5.74, 6) is 0.664. The van der Waals surface area contributed by atoms with Gasteiger partial charge in [0.05, 0.1) is 11.2 Å². The van der Waals surface area contributed by atoms with Crippen molar-refractivity contribution < 1.29 is 4.74 Å². The molecule has 0 radical (unpaired) electrons. The van der Waals surface area contributed by atoms with E-state index in [1.165, 1.54) is 0 Å². The molecule has 0 N–H and O–H groups in total. The van der Waals surface area contributed by atoms with E-state index in [1.54, 1.807) is 24.5 Å². The van der Waals surface area contributed by atoms with Crippen molar-refractivity contribution in [3.63, 3.8) is 0 Å². The van der Waals surface area contributed by atoms with Crippen LogP contribution in [0.1, 0.15) is 0 Å². The SMILES string of the molecule is C=CCOc1cncc(Cl)c1. The standard InChI is InChI=1S/C8H8ClNO/c1-2-3-11-8-4-7(9)5-10-6-8/h2,4-6H,1,3H2. The molecule has 1 aromatic rings. The summed E-state index contributed by atoms with van der Waals surface area (Å²) < 4.78 is 5.17. The fourth-order valence-electron chi connectivity index (χ4n) is 0.626. The fraction of sp³-hybridized carbons (Fsp3) is 0.125. The lowest BCUT2D eigenvalue weighted by Crippen LogP contribution is -1.92. The summed E-state index contributed by atoms with van der Waals surface area (Å²) >= 11 is 5.66. The van der Waals surface area contributed by atoms with E-state index in [1.807, 2.05) is 0 Å². The maximum absolute atomic E-state index is 5.66. The van der Waals surface area contributed by atoms with E-state index in [2.05, 4.69) is 11.6 Å². The molecule has 0 aliphatic rings. The Balaban J connectivity index is 2.63. The Bertz CT molecular complexity index is 250. The molecule has 0 atom stereocenters. The van der Waals surface area contributed by atoms with Gasteiger partial charge in [-0.2, -0.15) is 0 Å². The van der Waals surface area contributed by atoms with Crippen LogP contribution in [0.5, 0.6) is 5.75 Å². The van der Waals surface area contributed by atoms with Crippen molar-refractivity contribution in [2.24, 2.45) is 0 Å². The summed E-state index contributed by atoms with van der Waals surface area (Å²) in [5, 5.41) is 0.576. The summed E-state index contributed by atoms with van der Waals surface area (Å²) in [5.41, 5.74) is 0. The number of rotatable bonds is 3. The average molecular weight is 170 g/mol. The molecule has 11 heavy (non-hydrogen) atoms. The van der Waals surface area contributed by atoms with Crippen molar-refractivity contribution in [1.82, 2.24) is 4.98 Å². The Morgan fingerprint density at radius 3 is 3.09 bits per heavy atom. The predicted molar refractivity (Wildman–Crippen MR) is 44.9 cm³/mol. The van der Waals surface area contributed by atoms with E-state index in [0.717, 1.165) is 0 Å². The summed E-state index contributed by atoms with van der Waals surface area (Å²) in [6.07, 6.45) is 4.83. The minimum atomic E-state index is 0.474. The zero-order chi connectivity index (χ0) is 8.10. The summed E-state index contributed by atoms with van der Waals surface area (Å²) in [4.78, 5) is 3.85. The molecule has 0 aromatic carbocycles. The van der Waals surface area contributed by atoms with Crippen molar-refractivity contribution in [2.75, 3.05) is 6.61 Å². The lowest BCUT2D eigenvalue weighted by molar-refractivity contribution is 0.362. The number of hydrogen-bond donors (Lipinski definition) is 0. The second-order valence-electron chi connectivity index (χ2n) is 1.94. The monoisotopic (exact) mass is 169 g/mol. The van der Waals surface area contributed by atoms with E-state index >= 15 is 0 Å². The highest BCUT2D eigenvalue weighted by molar-refractivity contribution is 6.30. The van der Waals surface area contributed by atoms with E-state index in [-0.39, 0.29) is 0 Å². The average Bonchev–Trinajstić information content (AvgIpc) is 2.01. The zero-order valence-electron chi connectivity index (χ0n) is 5.96. The van der Waals surface area contributed by atoms with Gasteiger partial charge in [0.1, 0.15) is 12.4 Å². The molecule has 3 heteroatoms. The van der Waals surface area contributed by atoms with Crippen LogP contribution in [-0.4, -0.2) is 11.6 Å². The molecule has 1 heterocycles. The highest BCUT2D eigenvalue weighted by atomic mass is 35.5. The Morgan fingerprint density at radius 1 is 1.64 bits per heavy atom. The molecule has 0 aliphatic heterocycles. The van der Waals surface area contributed by atoms with Crippen molar-refractivity contribution in [3.05, 3.63) is 36.1 Å². The summed E-state index contributed by atoms with van der Waals surface area (Å²) in [7, 11) is 0. The van der Waals surface area contributed by atoms with Gasteiger partial charge < -0.3 is 4.74 Å². The number of nitrogens with zero attached hydrogens (tertiary/aromatic N) is 1. The van der Waals surface area contributed by atoms with Gasteiger partial charge in [-0.15, -0.1) is 0 Å². The quantitative estimate of drug-likeness (QED) is 0.648. The van der Waals surface area contributed by atoms with Crippen molar-refractivity contribution >= 4 is 11.6 Å². The van der Waals surface area contributed by atoms with E-state index in [9.17, 15) is 0 Å². The molecule has 0 saturated heterocycles. The third-order valence-electron chi connectivity index (χ3n) is 1.05. The van der Waals surface area contributed by atoms with Crippen LogP contribution in [0.15, 0.2) is 31.1 Å². The predicted octanol–water partition coefficient (Wildman–Crippen LogP) is 2.30.